The quantitative estimate of drug-likeness (QED) is 0.887. The van der Waals surface area contributed by atoms with E-state index in [1.165, 1.54) is 0 Å². The van der Waals surface area contributed by atoms with Gasteiger partial charge in [-0.15, -0.1) is 0 Å². The van der Waals surface area contributed by atoms with E-state index in [1.54, 1.807) is 37.8 Å². The first-order valence-corrected chi connectivity index (χ1v) is 8.39. The smallest absolute Gasteiger partial charge is 0.318 e. The average Bonchev–Trinajstić information content (AvgIpc) is 2.51. The van der Waals surface area contributed by atoms with Gasteiger partial charge in [-0.2, -0.15) is 0 Å². The zero-order valence-electron chi connectivity index (χ0n) is 14.8. The monoisotopic (exact) mass is 338 g/mol. The van der Waals surface area contributed by atoms with Crippen LogP contribution >= 0.6 is 0 Å². The van der Waals surface area contributed by atoms with Gasteiger partial charge in [0.25, 0.3) is 0 Å². The zero-order valence-corrected chi connectivity index (χ0v) is 14.8. The van der Waals surface area contributed by atoms with Crippen molar-refractivity contribution in [3.63, 3.8) is 0 Å². The second kappa shape index (κ2) is 7.94. The number of aryl methyl sites for hydroxylation is 2. The predicted molar refractivity (Wildman–Crippen MR) is 90.4 cm³/mol. The van der Waals surface area contributed by atoms with Crippen molar-refractivity contribution in [2.24, 2.45) is 0 Å². The third-order valence-electron chi connectivity index (χ3n) is 4.40. The Labute approximate surface area is 142 Å². The standard InChI is InChI=1S/C18H27FN2O3/c1-11-7-15(8-12(2)17(11)19)14(4)20-18(23)21-5-6-24-10-16(21)9-13(3)22/h7-8,13-14,16,22H,5-6,9-10H2,1-4H3,(H,20,23)/t13-,14-,16-/m0/s1. The fraction of sp³-hybridized carbons (Fsp3) is 0.611. The molecule has 5 nitrogen and oxygen atoms in total. The normalized spacial score (nSPS) is 20.6. The number of benzene rings is 1. The van der Waals surface area contributed by atoms with E-state index in [2.05, 4.69) is 5.32 Å². The lowest BCUT2D eigenvalue weighted by atomic mass is 10.0. The summed E-state index contributed by atoms with van der Waals surface area (Å²) in [6.07, 6.45) is -0.0110. The van der Waals surface area contributed by atoms with Crippen LogP contribution in [0.15, 0.2) is 12.1 Å². The van der Waals surface area contributed by atoms with Gasteiger partial charge in [0.05, 0.1) is 31.4 Å². The van der Waals surface area contributed by atoms with Crippen LogP contribution in [0.4, 0.5) is 9.18 Å². The summed E-state index contributed by atoms with van der Waals surface area (Å²) >= 11 is 0. The number of aliphatic hydroxyl groups excluding tert-OH is 1. The van der Waals surface area contributed by atoms with Crippen LogP contribution in [0.2, 0.25) is 0 Å². The fourth-order valence-corrected chi connectivity index (χ4v) is 3.09. The molecule has 3 atom stereocenters. The lowest BCUT2D eigenvalue weighted by molar-refractivity contribution is -0.00474. The Balaban J connectivity index is 2.07. The molecule has 1 aromatic carbocycles. The predicted octanol–water partition coefficient (Wildman–Crippen LogP) is 2.68. The third-order valence-corrected chi connectivity index (χ3v) is 4.40. The van der Waals surface area contributed by atoms with Crippen molar-refractivity contribution in [3.05, 3.63) is 34.6 Å². The molecule has 1 fully saturated rings. The lowest BCUT2D eigenvalue weighted by Gasteiger charge is -2.37. The molecule has 2 N–H and O–H groups in total. The molecular weight excluding hydrogens is 311 g/mol. The van der Waals surface area contributed by atoms with Crippen molar-refractivity contribution in [2.75, 3.05) is 19.8 Å². The first-order chi connectivity index (χ1) is 11.3. The Kier molecular flexibility index (Phi) is 6.18. The number of amides is 2. The Morgan fingerprint density at radius 2 is 2.04 bits per heavy atom. The van der Waals surface area contributed by atoms with Crippen molar-refractivity contribution >= 4 is 6.03 Å². The van der Waals surface area contributed by atoms with Crippen molar-refractivity contribution in [1.29, 1.82) is 0 Å². The zero-order chi connectivity index (χ0) is 17.9. The Bertz CT molecular complexity index is 569. The maximum absolute atomic E-state index is 13.8. The Morgan fingerprint density at radius 3 is 2.62 bits per heavy atom. The summed E-state index contributed by atoms with van der Waals surface area (Å²) < 4.78 is 19.2. The van der Waals surface area contributed by atoms with Crippen LogP contribution < -0.4 is 5.32 Å². The minimum atomic E-state index is -0.494. The van der Waals surface area contributed by atoms with Crippen LogP contribution in [0.5, 0.6) is 0 Å². The molecule has 0 bridgehead atoms. The summed E-state index contributed by atoms with van der Waals surface area (Å²) in [5, 5.41) is 12.6. The molecule has 1 aliphatic heterocycles. The minimum absolute atomic E-state index is 0.136. The number of ether oxygens (including phenoxy) is 1. The molecule has 0 unspecified atom stereocenters. The van der Waals surface area contributed by atoms with Crippen LogP contribution in [-0.2, 0) is 4.74 Å². The molecule has 134 valence electrons. The van der Waals surface area contributed by atoms with Crippen LogP contribution in [0.25, 0.3) is 0 Å². The number of nitrogens with zero attached hydrogens (tertiary/aromatic N) is 1. The number of hydrogen-bond acceptors (Lipinski definition) is 3. The summed E-state index contributed by atoms with van der Waals surface area (Å²) in [5.74, 6) is -0.206. The summed E-state index contributed by atoms with van der Waals surface area (Å²) in [6, 6.07) is 2.98. The number of carbonyl (C=O) groups is 1. The van der Waals surface area contributed by atoms with Gasteiger partial charge in [-0.1, -0.05) is 12.1 Å². The highest BCUT2D eigenvalue weighted by Crippen LogP contribution is 2.21. The van der Waals surface area contributed by atoms with Crippen LogP contribution in [0, 0.1) is 19.7 Å². The van der Waals surface area contributed by atoms with Gasteiger partial charge in [0.1, 0.15) is 5.82 Å². The number of hydrogen-bond donors (Lipinski definition) is 2. The molecule has 24 heavy (non-hydrogen) atoms. The first kappa shape index (κ1) is 18.7. The summed E-state index contributed by atoms with van der Waals surface area (Å²) in [4.78, 5) is 14.3. The molecule has 0 spiro atoms. The van der Waals surface area contributed by atoms with Gasteiger partial charge in [0, 0.05) is 6.54 Å². The SMILES string of the molecule is Cc1cc([C@H](C)NC(=O)N2CCOC[C@@H]2C[C@H](C)O)cc(C)c1F. The molecule has 1 aliphatic rings. The highest BCUT2D eigenvalue weighted by molar-refractivity contribution is 5.75. The van der Waals surface area contributed by atoms with E-state index in [4.69, 9.17) is 4.74 Å². The summed E-state index contributed by atoms with van der Waals surface area (Å²) in [5.41, 5.74) is 2.02. The summed E-state index contributed by atoms with van der Waals surface area (Å²) in [6.45, 7) is 8.46. The molecule has 2 amide bonds. The molecule has 0 aliphatic carbocycles. The van der Waals surface area contributed by atoms with Gasteiger partial charge < -0.3 is 20.1 Å². The highest BCUT2D eigenvalue weighted by atomic mass is 19.1. The van der Waals surface area contributed by atoms with E-state index in [0.29, 0.717) is 37.3 Å². The maximum atomic E-state index is 13.8. The van der Waals surface area contributed by atoms with E-state index >= 15 is 0 Å². The van der Waals surface area contributed by atoms with Crippen molar-refractivity contribution in [3.8, 4) is 0 Å². The Hall–Kier alpha value is -1.66. The van der Waals surface area contributed by atoms with Gasteiger partial charge in [0.2, 0.25) is 0 Å². The number of nitrogens with one attached hydrogen (secondary N) is 1. The van der Waals surface area contributed by atoms with E-state index < -0.39 is 6.10 Å². The number of carbonyl (C=O) groups excluding carboxylic acids is 1. The molecule has 2 rings (SSSR count). The molecule has 0 radical (unpaired) electrons. The van der Waals surface area contributed by atoms with Crippen LogP contribution in [0.1, 0.15) is 43.0 Å². The van der Waals surface area contributed by atoms with Crippen molar-refractivity contribution in [2.45, 2.75) is 52.3 Å². The molecule has 6 heteroatoms. The molecule has 1 aromatic rings. The number of halogens is 1. The molecule has 0 aromatic heterocycles. The average molecular weight is 338 g/mol. The first-order valence-electron chi connectivity index (χ1n) is 8.39. The van der Waals surface area contributed by atoms with Crippen LogP contribution in [0.3, 0.4) is 0 Å². The molecular formula is C18H27FN2O3. The third kappa shape index (κ3) is 4.45. The number of urea groups is 1. The number of morpholine rings is 1. The second-order valence-electron chi connectivity index (χ2n) is 6.65. The molecule has 1 heterocycles. The van der Waals surface area contributed by atoms with E-state index in [0.717, 1.165) is 5.56 Å². The van der Waals surface area contributed by atoms with Crippen LogP contribution in [-0.4, -0.2) is 47.9 Å². The largest absolute Gasteiger partial charge is 0.393 e. The van der Waals surface area contributed by atoms with Gasteiger partial charge in [-0.25, -0.2) is 9.18 Å². The van der Waals surface area contributed by atoms with Gasteiger partial charge in [-0.05, 0) is 50.8 Å². The minimum Gasteiger partial charge on any atom is -0.393 e. The second-order valence-corrected chi connectivity index (χ2v) is 6.65. The number of rotatable bonds is 4. The molecule has 1 saturated heterocycles. The van der Waals surface area contributed by atoms with E-state index in [9.17, 15) is 14.3 Å². The summed E-state index contributed by atoms with van der Waals surface area (Å²) in [7, 11) is 0. The lowest BCUT2D eigenvalue weighted by Crippen LogP contribution is -2.53. The van der Waals surface area contributed by atoms with Crippen molar-refractivity contribution < 1.29 is 19.0 Å². The fourth-order valence-electron chi connectivity index (χ4n) is 3.09. The maximum Gasteiger partial charge on any atom is 0.318 e. The van der Waals surface area contributed by atoms with E-state index in [1.807, 2.05) is 6.92 Å². The molecule has 0 saturated carbocycles. The number of aliphatic hydroxyl groups is 1. The Morgan fingerprint density at radius 1 is 1.42 bits per heavy atom. The topological polar surface area (TPSA) is 61.8 Å². The van der Waals surface area contributed by atoms with E-state index in [-0.39, 0.29) is 23.9 Å². The highest BCUT2D eigenvalue weighted by Gasteiger charge is 2.29. The van der Waals surface area contributed by atoms with Gasteiger partial charge in [-0.3, -0.25) is 0 Å². The van der Waals surface area contributed by atoms with Gasteiger partial charge >= 0.3 is 6.03 Å². The van der Waals surface area contributed by atoms with Gasteiger partial charge in [0.15, 0.2) is 0 Å². The van der Waals surface area contributed by atoms with Crippen molar-refractivity contribution in [1.82, 2.24) is 10.2 Å².